The Morgan fingerprint density at radius 2 is 1.81 bits per heavy atom. The molecule has 0 bridgehead atoms. The van der Waals surface area contributed by atoms with Gasteiger partial charge in [-0.05, 0) is 30.2 Å². The lowest BCUT2D eigenvalue weighted by Gasteiger charge is -2.08. The molecule has 5 aromatic rings. The maximum absolute atomic E-state index is 11.9. The molecule has 0 aliphatic carbocycles. The van der Waals surface area contributed by atoms with Gasteiger partial charge in [0, 0.05) is 36.6 Å². The van der Waals surface area contributed by atoms with E-state index >= 15 is 0 Å². The van der Waals surface area contributed by atoms with Crippen LogP contribution < -0.4 is 11.3 Å². The van der Waals surface area contributed by atoms with Gasteiger partial charge in [0.15, 0.2) is 11.1 Å². The van der Waals surface area contributed by atoms with E-state index in [1.807, 2.05) is 41.1 Å². The van der Waals surface area contributed by atoms with Crippen molar-refractivity contribution in [3.8, 4) is 5.69 Å². The number of nitrogens with zero attached hydrogens (tertiary/aromatic N) is 5. The van der Waals surface area contributed by atoms with Crippen molar-refractivity contribution in [3.05, 3.63) is 81.0 Å². The first-order valence-electron chi connectivity index (χ1n) is 10.0. The molecule has 156 valence electrons. The lowest BCUT2D eigenvalue weighted by molar-refractivity contribution is 0.448. The van der Waals surface area contributed by atoms with Crippen LogP contribution in [0.5, 0.6) is 0 Å². The quantitative estimate of drug-likeness (QED) is 0.391. The summed E-state index contributed by atoms with van der Waals surface area (Å²) in [6.07, 6.45) is 7.76. The van der Waals surface area contributed by atoms with Crippen LogP contribution in [0.15, 0.2) is 67.5 Å². The van der Waals surface area contributed by atoms with Crippen LogP contribution in [0.1, 0.15) is 30.9 Å². The van der Waals surface area contributed by atoms with Gasteiger partial charge >= 0.3 is 11.3 Å². The molecule has 3 heterocycles. The standard InChI is InChI=1S/C22H19N5O4/c1-2-3-9-27-17-12-15(11-14-4-6-16(7-5-14)26-10-8-23-13-26)19-20(18(17)24-25-27)31-22(29)21(28)30-19/h4-8,10,12-13H,2-3,9,11H2,1H3. The van der Waals surface area contributed by atoms with E-state index < -0.39 is 11.3 Å². The molecule has 0 atom stereocenters. The van der Waals surface area contributed by atoms with Crippen LogP contribution in [0.4, 0.5) is 0 Å². The van der Waals surface area contributed by atoms with Crippen molar-refractivity contribution >= 4 is 22.2 Å². The molecule has 0 fully saturated rings. The number of hydrogen-bond acceptors (Lipinski definition) is 7. The summed E-state index contributed by atoms with van der Waals surface area (Å²) in [6, 6.07) is 9.87. The Morgan fingerprint density at radius 1 is 1.03 bits per heavy atom. The Hall–Kier alpha value is -4.01. The first kappa shape index (κ1) is 19.0. The van der Waals surface area contributed by atoms with Crippen molar-refractivity contribution in [2.45, 2.75) is 32.7 Å². The van der Waals surface area contributed by atoms with Gasteiger partial charge in [-0.1, -0.05) is 30.7 Å². The normalized spacial score (nSPS) is 11.5. The summed E-state index contributed by atoms with van der Waals surface area (Å²) in [6.45, 7) is 2.79. The number of aryl methyl sites for hydroxylation is 1. The zero-order chi connectivity index (χ0) is 21.4. The molecule has 0 saturated heterocycles. The fourth-order valence-corrected chi connectivity index (χ4v) is 3.61. The minimum absolute atomic E-state index is 0.148. The molecule has 0 radical (unpaired) electrons. The van der Waals surface area contributed by atoms with Gasteiger partial charge in [0.1, 0.15) is 0 Å². The largest absolute Gasteiger partial charge is 0.423 e. The van der Waals surface area contributed by atoms with E-state index in [9.17, 15) is 9.59 Å². The number of aromatic nitrogens is 5. The smallest absolute Gasteiger partial charge is 0.414 e. The third-order valence-electron chi connectivity index (χ3n) is 5.21. The highest BCUT2D eigenvalue weighted by Crippen LogP contribution is 2.28. The van der Waals surface area contributed by atoms with Gasteiger partial charge < -0.3 is 13.4 Å². The van der Waals surface area contributed by atoms with E-state index in [4.69, 9.17) is 8.83 Å². The van der Waals surface area contributed by atoms with Crippen LogP contribution in [0.2, 0.25) is 0 Å². The highest BCUT2D eigenvalue weighted by Gasteiger charge is 2.19. The number of fused-ring (bicyclic) bond motifs is 3. The summed E-state index contributed by atoms with van der Waals surface area (Å²) in [4.78, 5) is 27.8. The predicted molar refractivity (Wildman–Crippen MR) is 113 cm³/mol. The van der Waals surface area contributed by atoms with Crippen LogP contribution >= 0.6 is 0 Å². The fraction of sp³-hybridized carbons (Fsp3) is 0.227. The Labute approximate surface area is 175 Å². The Kier molecular flexibility index (Phi) is 4.70. The summed E-state index contributed by atoms with van der Waals surface area (Å²) in [5, 5.41) is 8.37. The topological polar surface area (TPSA) is 109 Å². The van der Waals surface area contributed by atoms with Gasteiger partial charge in [-0.15, -0.1) is 5.10 Å². The molecule has 0 aliphatic rings. The van der Waals surface area contributed by atoms with Crippen LogP contribution in [0.25, 0.3) is 27.9 Å². The maximum Gasteiger partial charge on any atom is 0.423 e. The van der Waals surface area contributed by atoms with Crippen molar-refractivity contribution in [1.29, 1.82) is 0 Å². The molecule has 5 rings (SSSR count). The Bertz CT molecular complexity index is 1480. The lowest BCUT2D eigenvalue weighted by Crippen LogP contribution is -2.21. The molecule has 0 unspecified atom stereocenters. The zero-order valence-electron chi connectivity index (χ0n) is 16.8. The molecule has 0 spiro atoms. The third-order valence-corrected chi connectivity index (χ3v) is 5.21. The minimum atomic E-state index is -1.06. The molecule has 9 heteroatoms. The maximum atomic E-state index is 11.9. The predicted octanol–water partition coefficient (Wildman–Crippen LogP) is 3.07. The molecular weight excluding hydrogens is 398 g/mol. The molecule has 9 nitrogen and oxygen atoms in total. The lowest BCUT2D eigenvalue weighted by atomic mass is 10.0. The summed E-state index contributed by atoms with van der Waals surface area (Å²) in [5.74, 6) is 0. The van der Waals surface area contributed by atoms with Gasteiger partial charge in [-0.3, -0.25) is 0 Å². The van der Waals surface area contributed by atoms with Crippen LogP contribution in [-0.4, -0.2) is 24.5 Å². The first-order chi connectivity index (χ1) is 15.1. The summed E-state index contributed by atoms with van der Waals surface area (Å²) < 4.78 is 14.3. The molecule has 0 saturated carbocycles. The number of hydrogen-bond donors (Lipinski definition) is 0. The summed E-state index contributed by atoms with van der Waals surface area (Å²) in [5.41, 5.74) is 2.13. The SMILES string of the molecule is CCCCn1nnc2c3oc(=O)c(=O)oc3c(Cc3ccc(-n4ccnc4)cc3)cc21. The molecule has 31 heavy (non-hydrogen) atoms. The molecule has 0 N–H and O–H groups in total. The van der Waals surface area contributed by atoms with Crippen molar-refractivity contribution in [3.63, 3.8) is 0 Å². The number of rotatable bonds is 6. The van der Waals surface area contributed by atoms with Gasteiger partial charge in [0.2, 0.25) is 5.58 Å². The van der Waals surface area contributed by atoms with Crippen LogP contribution in [-0.2, 0) is 13.0 Å². The molecule has 0 amide bonds. The highest BCUT2D eigenvalue weighted by molar-refractivity contribution is 5.99. The average Bonchev–Trinajstić information content (AvgIpc) is 3.44. The number of imidazole rings is 1. The van der Waals surface area contributed by atoms with Gasteiger partial charge in [-0.25, -0.2) is 19.3 Å². The zero-order valence-corrected chi connectivity index (χ0v) is 16.8. The van der Waals surface area contributed by atoms with Crippen molar-refractivity contribution in [2.75, 3.05) is 0 Å². The molecule has 3 aromatic heterocycles. The summed E-state index contributed by atoms with van der Waals surface area (Å²) >= 11 is 0. The average molecular weight is 417 g/mol. The van der Waals surface area contributed by atoms with E-state index in [1.165, 1.54) is 0 Å². The van der Waals surface area contributed by atoms with Gasteiger partial charge in [0.25, 0.3) is 0 Å². The number of benzene rings is 2. The Balaban J connectivity index is 1.62. The van der Waals surface area contributed by atoms with Crippen LogP contribution in [0, 0.1) is 0 Å². The number of unbranched alkanes of at least 4 members (excludes halogenated alkanes) is 1. The van der Waals surface area contributed by atoms with Crippen molar-refractivity contribution in [2.24, 2.45) is 0 Å². The van der Waals surface area contributed by atoms with Crippen molar-refractivity contribution in [1.82, 2.24) is 24.5 Å². The van der Waals surface area contributed by atoms with Gasteiger partial charge in [-0.2, -0.15) is 0 Å². The molecule has 0 aliphatic heterocycles. The monoisotopic (exact) mass is 417 g/mol. The first-order valence-corrected chi connectivity index (χ1v) is 10.0. The minimum Gasteiger partial charge on any atom is -0.414 e. The van der Waals surface area contributed by atoms with Gasteiger partial charge in [0.05, 0.1) is 11.8 Å². The highest BCUT2D eigenvalue weighted by atomic mass is 16.5. The second-order valence-electron chi connectivity index (χ2n) is 7.32. The van der Waals surface area contributed by atoms with E-state index in [1.54, 1.807) is 17.2 Å². The van der Waals surface area contributed by atoms with Crippen LogP contribution in [0.3, 0.4) is 0 Å². The second-order valence-corrected chi connectivity index (χ2v) is 7.32. The summed E-state index contributed by atoms with van der Waals surface area (Å²) in [7, 11) is 0. The van der Waals surface area contributed by atoms with E-state index in [-0.39, 0.29) is 11.2 Å². The Morgan fingerprint density at radius 3 is 2.52 bits per heavy atom. The molecular formula is C22H19N5O4. The van der Waals surface area contributed by atoms with E-state index in [2.05, 4.69) is 22.2 Å². The fourth-order valence-electron chi connectivity index (χ4n) is 3.61. The third kappa shape index (κ3) is 3.43. The van der Waals surface area contributed by atoms with E-state index in [0.717, 1.165) is 35.2 Å². The van der Waals surface area contributed by atoms with Crippen molar-refractivity contribution < 1.29 is 8.83 Å². The molecule has 2 aromatic carbocycles. The van der Waals surface area contributed by atoms with E-state index in [0.29, 0.717) is 18.5 Å². The second kappa shape index (κ2) is 7.67.